The Hall–Kier alpha value is -5.26. The first-order chi connectivity index (χ1) is 27.9. The summed E-state index contributed by atoms with van der Waals surface area (Å²) in [5.41, 5.74) is 0.767. The van der Waals surface area contributed by atoms with Gasteiger partial charge in [-0.25, -0.2) is 9.78 Å². The first kappa shape index (κ1) is 44.8. The van der Waals surface area contributed by atoms with Crippen molar-refractivity contribution in [1.29, 1.82) is 0 Å². The number of aromatic nitrogens is 1. The monoisotopic (exact) mass is 811 g/mol. The van der Waals surface area contributed by atoms with Gasteiger partial charge in [-0.15, -0.1) is 0 Å². The van der Waals surface area contributed by atoms with E-state index in [0.717, 1.165) is 37.7 Å². The summed E-state index contributed by atoms with van der Waals surface area (Å²) >= 11 is 0. The van der Waals surface area contributed by atoms with E-state index < -0.39 is 64.8 Å². The molecule has 59 heavy (non-hydrogen) atoms. The van der Waals surface area contributed by atoms with E-state index in [1.165, 1.54) is 7.11 Å². The Labute approximate surface area is 348 Å². The minimum absolute atomic E-state index is 0.0850. The predicted molar refractivity (Wildman–Crippen MR) is 225 cm³/mol. The van der Waals surface area contributed by atoms with Crippen LogP contribution in [0.3, 0.4) is 0 Å². The molecule has 2 amide bonds. The molecule has 2 unspecified atom stereocenters. The third kappa shape index (κ3) is 11.5. The summed E-state index contributed by atoms with van der Waals surface area (Å²) in [5, 5.41) is 6.56. The number of fused-ring (bicyclic) bond motifs is 1. The molecule has 0 radical (unpaired) electrons. The SMILES string of the molecule is CC[C@H](CC(=O)C1CC(Oc2cc(-c3ccccc3)nc3cc(OC)ccc23)C=C1C(=O)N[C@H](C(=O)N[C@H](C(=O)OC)C1CCCCC1)C(C)(C)C)C(=O)OC(C)(C)C. The van der Waals surface area contributed by atoms with Crippen LogP contribution in [-0.2, 0) is 33.4 Å². The number of carbonyl (C=O) groups excluding carboxylic acids is 5. The highest BCUT2D eigenvalue weighted by molar-refractivity contribution is 6.04. The maximum absolute atomic E-state index is 14.5. The molecule has 2 N–H and O–H groups in total. The molecule has 2 aliphatic carbocycles. The minimum Gasteiger partial charge on any atom is -0.497 e. The number of hydrogen-bond acceptors (Lipinski definition) is 10. The lowest BCUT2D eigenvalue weighted by atomic mass is 9.82. The van der Waals surface area contributed by atoms with Crippen molar-refractivity contribution in [2.75, 3.05) is 14.2 Å². The van der Waals surface area contributed by atoms with Gasteiger partial charge in [0.2, 0.25) is 11.8 Å². The van der Waals surface area contributed by atoms with Crippen LogP contribution in [0.15, 0.2) is 66.2 Å². The molecule has 2 aromatic carbocycles. The first-order valence-electron chi connectivity index (χ1n) is 20.8. The third-order valence-corrected chi connectivity index (χ3v) is 11.1. The fraction of sp³-hybridized carbons (Fsp3) is 0.532. The maximum atomic E-state index is 14.5. The van der Waals surface area contributed by atoms with Gasteiger partial charge in [0, 0.05) is 41.5 Å². The number of ketones is 1. The largest absolute Gasteiger partial charge is 0.497 e. The summed E-state index contributed by atoms with van der Waals surface area (Å²) in [5.74, 6) is -3.10. The number of hydrogen-bond donors (Lipinski definition) is 2. The van der Waals surface area contributed by atoms with Gasteiger partial charge in [0.25, 0.3) is 0 Å². The number of methoxy groups -OCH3 is 2. The van der Waals surface area contributed by atoms with Gasteiger partial charge in [0.15, 0.2) is 0 Å². The number of nitrogens with one attached hydrogen (secondary N) is 2. The Morgan fingerprint density at radius 2 is 1.56 bits per heavy atom. The van der Waals surface area contributed by atoms with Crippen molar-refractivity contribution in [2.45, 2.75) is 124 Å². The van der Waals surface area contributed by atoms with Crippen LogP contribution >= 0.6 is 0 Å². The highest BCUT2D eigenvalue weighted by atomic mass is 16.6. The van der Waals surface area contributed by atoms with Gasteiger partial charge >= 0.3 is 11.9 Å². The number of carbonyl (C=O) groups is 5. The summed E-state index contributed by atoms with van der Waals surface area (Å²) < 4.78 is 22.9. The molecule has 12 nitrogen and oxygen atoms in total. The Morgan fingerprint density at radius 3 is 2.17 bits per heavy atom. The van der Waals surface area contributed by atoms with Crippen molar-refractivity contribution >= 4 is 40.4 Å². The molecule has 1 aromatic heterocycles. The Morgan fingerprint density at radius 1 is 0.864 bits per heavy atom. The van der Waals surface area contributed by atoms with E-state index in [1.807, 2.05) is 82.3 Å². The van der Waals surface area contributed by atoms with Gasteiger partial charge in [0.1, 0.15) is 41.1 Å². The van der Waals surface area contributed by atoms with Crippen LogP contribution < -0.4 is 20.1 Å². The van der Waals surface area contributed by atoms with Crippen LogP contribution in [0.4, 0.5) is 0 Å². The molecule has 12 heteroatoms. The molecule has 1 heterocycles. The van der Waals surface area contributed by atoms with Crippen LogP contribution in [-0.4, -0.2) is 72.5 Å². The van der Waals surface area contributed by atoms with Gasteiger partial charge in [-0.1, -0.05) is 77.3 Å². The average molecular weight is 812 g/mol. The number of rotatable bonds is 15. The Bertz CT molecular complexity index is 2030. The quantitative estimate of drug-likeness (QED) is 0.146. The molecule has 0 aliphatic heterocycles. The first-order valence-corrected chi connectivity index (χ1v) is 20.8. The van der Waals surface area contributed by atoms with Crippen LogP contribution in [0.5, 0.6) is 11.5 Å². The molecule has 318 valence electrons. The van der Waals surface area contributed by atoms with E-state index in [-0.39, 0.29) is 30.1 Å². The van der Waals surface area contributed by atoms with Gasteiger partial charge < -0.3 is 29.6 Å². The number of ether oxygens (including phenoxy) is 4. The lowest BCUT2D eigenvalue weighted by Gasteiger charge is -2.34. The lowest BCUT2D eigenvalue weighted by Crippen LogP contribution is -2.58. The molecular weight excluding hydrogens is 751 g/mol. The molecule has 1 saturated carbocycles. The number of amides is 2. The number of pyridine rings is 1. The maximum Gasteiger partial charge on any atom is 0.328 e. The fourth-order valence-electron chi connectivity index (χ4n) is 7.94. The minimum atomic E-state index is -1.08. The highest BCUT2D eigenvalue weighted by Crippen LogP contribution is 2.38. The average Bonchev–Trinajstić information content (AvgIpc) is 3.63. The topological polar surface area (TPSA) is 159 Å². The molecule has 2 aliphatic rings. The van der Waals surface area contributed by atoms with Crippen molar-refractivity contribution in [1.82, 2.24) is 15.6 Å². The van der Waals surface area contributed by atoms with Crippen molar-refractivity contribution < 1.29 is 42.9 Å². The summed E-state index contributed by atoms with van der Waals surface area (Å²) in [6.07, 6.45) is 5.76. The molecule has 1 fully saturated rings. The van der Waals surface area contributed by atoms with Gasteiger partial charge in [0.05, 0.1) is 37.3 Å². The zero-order valence-corrected chi connectivity index (χ0v) is 36.0. The molecule has 0 spiro atoms. The normalized spacial score (nSPS) is 18.8. The van der Waals surface area contributed by atoms with Crippen molar-refractivity contribution in [3.05, 3.63) is 66.2 Å². The fourth-order valence-corrected chi connectivity index (χ4v) is 7.94. The number of esters is 2. The highest BCUT2D eigenvalue weighted by Gasteiger charge is 2.42. The zero-order chi connectivity index (χ0) is 43.1. The number of Topliss-reactive ketones (excluding diaryl/α,β-unsaturated/α-hetero) is 1. The summed E-state index contributed by atoms with van der Waals surface area (Å²) in [6.45, 7) is 12.6. The summed E-state index contributed by atoms with van der Waals surface area (Å²) in [7, 11) is 2.89. The Balaban J connectivity index is 1.49. The van der Waals surface area contributed by atoms with Gasteiger partial charge in [-0.2, -0.15) is 0 Å². The van der Waals surface area contributed by atoms with Crippen LogP contribution in [0.2, 0.25) is 0 Å². The van der Waals surface area contributed by atoms with Gasteiger partial charge in [-0.3, -0.25) is 19.2 Å². The van der Waals surface area contributed by atoms with Crippen LogP contribution in [0.1, 0.15) is 99.8 Å². The van der Waals surface area contributed by atoms with E-state index in [1.54, 1.807) is 34.0 Å². The number of nitrogens with zero attached hydrogens (tertiary/aromatic N) is 1. The van der Waals surface area contributed by atoms with Crippen molar-refractivity contribution in [3.63, 3.8) is 0 Å². The molecule has 5 atom stereocenters. The number of benzene rings is 2. The molecular formula is C47H61N3O9. The zero-order valence-electron chi connectivity index (χ0n) is 36.0. The smallest absolute Gasteiger partial charge is 0.328 e. The standard InChI is InChI=1S/C47H61N3O9/c1-10-28(44(54)59-47(5,6)7)23-38(51)34-24-32(58-39-27-36(29-17-13-11-14-18-29)48-37-26-31(56-8)21-22-33(37)39)25-35(34)42(52)50-41(46(2,3)4)43(53)49-40(45(55)57-9)30-19-15-12-16-20-30/h11,13-14,17-18,21-22,25-28,30,32,34,40-41H,10,12,15-16,19-20,23-24H2,1-9H3,(H,49,53)(H,50,52)/t28-,32?,34?,40+,41-/m1/s1. The van der Waals surface area contributed by atoms with E-state index in [9.17, 15) is 24.0 Å². The lowest BCUT2D eigenvalue weighted by molar-refractivity contribution is -0.161. The second-order valence-electron chi connectivity index (χ2n) is 17.8. The van der Waals surface area contributed by atoms with Crippen LogP contribution in [0.25, 0.3) is 22.2 Å². The van der Waals surface area contributed by atoms with Crippen molar-refractivity contribution in [2.24, 2.45) is 23.2 Å². The van der Waals surface area contributed by atoms with Crippen LogP contribution in [0, 0.1) is 23.2 Å². The molecule has 3 aromatic rings. The van der Waals surface area contributed by atoms with E-state index >= 15 is 0 Å². The van der Waals surface area contributed by atoms with E-state index in [0.29, 0.717) is 34.5 Å². The van der Waals surface area contributed by atoms with Gasteiger partial charge in [-0.05, 0) is 69.6 Å². The molecule has 5 rings (SSSR count). The molecule has 0 saturated heterocycles. The Kier molecular flexibility index (Phi) is 14.6. The third-order valence-electron chi connectivity index (χ3n) is 11.1. The van der Waals surface area contributed by atoms with Crippen molar-refractivity contribution in [3.8, 4) is 22.8 Å². The predicted octanol–water partition coefficient (Wildman–Crippen LogP) is 7.70. The summed E-state index contributed by atoms with van der Waals surface area (Å²) in [6, 6.07) is 15.1. The second kappa shape index (κ2) is 19.2. The second-order valence-corrected chi connectivity index (χ2v) is 17.8. The molecule has 0 bridgehead atoms. The van der Waals surface area contributed by atoms with E-state index in [2.05, 4.69) is 10.6 Å². The summed E-state index contributed by atoms with van der Waals surface area (Å²) in [4.78, 5) is 74.0. The van der Waals surface area contributed by atoms with E-state index in [4.69, 9.17) is 23.9 Å².